The van der Waals surface area contributed by atoms with E-state index in [4.69, 9.17) is 0 Å². The summed E-state index contributed by atoms with van der Waals surface area (Å²) in [5, 5.41) is 3.88. The third kappa shape index (κ3) is 5.30. The van der Waals surface area contributed by atoms with E-state index in [0.717, 1.165) is 25.7 Å². The van der Waals surface area contributed by atoms with Gasteiger partial charge in [-0.2, -0.15) is 22.6 Å². The molecular formula is C26H33F3N4O3S. The number of amides is 1. The number of benzene rings is 1. The quantitative estimate of drug-likeness (QED) is 0.571. The lowest BCUT2D eigenvalue weighted by Gasteiger charge is -2.37. The number of carbonyl (C=O) groups is 1. The predicted molar refractivity (Wildman–Crippen MR) is 131 cm³/mol. The molecule has 0 saturated carbocycles. The van der Waals surface area contributed by atoms with Crippen molar-refractivity contribution >= 4 is 15.9 Å². The number of halogens is 3. The van der Waals surface area contributed by atoms with Gasteiger partial charge >= 0.3 is 6.18 Å². The van der Waals surface area contributed by atoms with Gasteiger partial charge in [0.05, 0.1) is 16.2 Å². The van der Waals surface area contributed by atoms with Gasteiger partial charge in [-0.1, -0.05) is 31.0 Å². The number of likely N-dealkylation sites (tertiary alicyclic amines) is 1. The summed E-state index contributed by atoms with van der Waals surface area (Å²) in [5.41, 5.74) is -0.957. The van der Waals surface area contributed by atoms with Gasteiger partial charge in [0.25, 0.3) is 5.91 Å². The van der Waals surface area contributed by atoms with E-state index < -0.39 is 27.8 Å². The molecule has 0 spiro atoms. The molecule has 3 aliphatic heterocycles. The summed E-state index contributed by atoms with van der Waals surface area (Å²) < 4.78 is 70.8. The molecular weight excluding hydrogens is 505 g/mol. The van der Waals surface area contributed by atoms with Gasteiger partial charge in [0.2, 0.25) is 10.0 Å². The van der Waals surface area contributed by atoms with Crippen molar-refractivity contribution in [2.75, 3.05) is 26.2 Å². The largest absolute Gasteiger partial charge is 0.435 e. The normalized spacial score (nSPS) is 22.5. The predicted octanol–water partition coefficient (Wildman–Crippen LogP) is 4.58. The van der Waals surface area contributed by atoms with Crippen LogP contribution in [-0.2, 0) is 29.2 Å². The Labute approximate surface area is 215 Å². The summed E-state index contributed by atoms with van der Waals surface area (Å²) in [6.07, 6.45) is 1.15. The van der Waals surface area contributed by atoms with Crippen LogP contribution in [-0.4, -0.2) is 59.5 Å². The van der Waals surface area contributed by atoms with Gasteiger partial charge in [0.15, 0.2) is 5.69 Å². The van der Waals surface area contributed by atoms with Crippen molar-refractivity contribution in [1.29, 1.82) is 0 Å². The third-order valence-corrected chi connectivity index (χ3v) is 10.1. The fourth-order valence-corrected chi connectivity index (χ4v) is 7.60. The maximum Gasteiger partial charge on any atom is 0.435 e. The maximum atomic E-state index is 14.0. The molecule has 0 aliphatic carbocycles. The molecule has 11 heteroatoms. The van der Waals surface area contributed by atoms with Crippen LogP contribution in [0.4, 0.5) is 13.2 Å². The first-order valence-corrected chi connectivity index (χ1v) is 14.6. The standard InChI is InChI=1S/C26H33F3N4O3S/c27-26(28,29)24-23(25(34)31-13-6-1-2-7-14-31)22-18-20(12-17-33(22)30-24)19-10-15-32(16-11-19)37(35,36)21-8-4-3-5-9-21/h3-5,8-9,19-20H,1-2,6-7,10-18H2. The zero-order valence-electron chi connectivity index (χ0n) is 20.8. The fraction of sp³-hybridized carbons (Fsp3) is 0.615. The number of alkyl halides is 3. The molecule has 2 saturated heterocycles. The van der Waals surface area contributed by atoms with Gasteiger partial charge < -0.3 is 4.90 Å². The van der Waals surface area contributed by atoms with Crippen LogP contribution in [0.2, 0.25) is 0 Å². The number of rotatable bonds is 4. The van der Waals surface area contributed by atoms with E-state index in [0.29, 0.717) is 64.1 Å². The second-order valence-electron chi connectivity index (χ2n) is 10.4. The minimum absolute atomic E-state index is 0.0857. The number of nitrogens with zero attached hydrogens (tertiary/aromatic N) is 4. The van der Waals surface area contributed by atoms with E-state index in [2.05, 4.69) is 5.10 Å². The highest BCUT2D eigenvalue weighted by atomic mass is 32.2. The van der Waals surface area contributed by atoms with Gasteiger partial charge in [-0.05, 0) is 62.5 Å². The average molecular weight is 539 g/mol. The van der Waals surface area contributed by atoms with Crippen molar-refractivity contribution in [2.45, 2.75) is 69.0 Å². The molecule has 2 aromatic rings. The van der Waals surface area contributed by atoms with Crippen LogP contribution in [0.1, 0.15) is 66.7 Å². The highest BCUT2D eigenvalue weighted by Gasteiger charge is 2.44. The maximum absolute atomic E-state index is 14.0. The lowest BCUT2D eigenvalue weighted by Crippen LogP contribution is -2.41. The molecule has 3 aliphatic rings. The molecule has 1 aromatic heterocycles. The zero-order valence-corrected chi connectivity index (χ0v) is 21.6. The SMILES string of the molecule is O=C(c1c(C(F)(F)F)nn2c1CC(C1CCN(S(=O)(=O)c3ccccc3)CC1)CC2)N1CCCCCC1. The Balaban J connectivity index is 1.34. The number of carbonyl (C=O) groups excluding carboxylic acids is 1. The first-order valence-electron chi connectivity index (χ1n) is 13.2. The highest BCUT2D eigenvalue weighted by Crippen LogP contribution is 2.40. The van der Waals surface area contributed by atoms with Crippen LogP contribution in [0.15, 0.2) is 35.2 Å². The molecule has 0 N–H and O–H groups in total. The van der Waals surface area contributed by atoms with Gasteiger partial charge in [0, 0.05) is 32.7 Å². The van der Waals surface area contributed by atoms with E-state index >= 15 is 0 Å². The van der Waals surface area contributed by atoms with Crippen LogP contribution in [0.5, 0.6) is 0 Å². The molecule has 0 radical (unpaired) electrons. The molecule has 1 amide bonds. The lowest BCUT2D eigenvalue weighted by atomic mass is 9.78. The lowest BCUT2D eigenvalue weighted by molar-refractivity contribution is -0.141. The first-order chi connectivity index (χ1) is 17.7. The molecule has 0 bridgehead atoms. The van der Waals surface area contributed by atoms with Gasteiger partial charge in [-0.15, -0.1) is 0 Å². The molecule has 4 heterocycles. The number of fused-ring (bicyclic) bond motifs is 1. The van der Waals surface area contributed by atoms with Crippen LogP contribution < -0.4 is 0 Å². The summed E-state index contributed by atoms with van der Waals surface area (Å²) >= 11 is 0. The van der Waals surface area contributed by atoms with Crippen molar-refractivity contribution in [3.63, 3.8) is 0 Å². The minimum Gasteiger partial charge on any atom is -0.339 e. The summed E-state index contributed by atoms with van der Waals surface area (Å²) in [6.45, 7) is 2.03. The van der Waals surface area contributed by atoms with E-state index in [1.807, 2.05) is 0 Å². The Bertz CT molecular complexity index is 1210. The number of hydrogen-bond acceptors (Lipinski definition) is 4. The Hall–Kier alpha value is -2.40. The van der Waals surface area contributed by atoms with Gasteiger partial charge in [-0.25, -0.2) is 8.42 Å². The summed E-state index contributed by atoms with van der Waals surface area (Å²) in [6, 6.07) is 8.35. The Morgan fingerprint density at radius 2 is 1.49 bits per heavy atom. The van der Waals surface area contributed by atoms with Gasteiger partial charge in [-0.3, -0.25) is 9.48 Å². The number of piperidine rings is 1. The Kier molecular flexibility index (Phi) is 7.37. The summed E-state index contributed by atoms with van der Waals surface area (Å²) in [7, 11) is -3.57. The van der Waals surface area contributed by atoms with Crippen molar-refractivity contribution in [2.24, 2.45) is 11.8 Å². The first kappa shape index (κ1) is 26.2. The van der Waals surface area contributed by atoms with Gasteiger partial charge in [0.1, 0.15) is 0 Å². The number of aromatic nitrogens is 2. The summed E-state index contributed by atoms with van der Waals surface area (Å²) in [4.78, 5) is 15.3. The van der Waals surface area contributed by atoms with E-state index in [9.17, 15) is 26.4 Å². The Morgan fingerprint density at radius 1 is 0.865 bits per heavy atom. The zero-order chi connectivity index (χ0) is 26.2. The molecule has 37 heavy (non-hydrogen) atoms. The topological polar surface area (TPSA) is 75.5 Å². The second kappa shape index (κ2) is 10.4. The summed E-state index contributed by atoms with van der Waals surface area (Å²) in [5.74, 6) is -0.288. The highest BCUT2D eigenvalue weighted by molar-refractivity contribution is 7.89. The molecule has 1 unspecified atom stereocenters. The minimum atomic E-state index is -4.70. The number of sulfonamides is 1. The molecule has 1 aromatic carbocycles. The number of hydrogen-bond donors (Lipinski definition) is 0. The molecule has 5 rings (SSSR count). The molecule has 7 nitrogen and oxygen atoms in total. The van der Waals surface area contributed by atoms with E-state index in [-0.39, 0.29) is 22.3 Å². The van der Waals surface area contributed by atoms with E-state index in [1.165, 1.54) is 8.99 Å². The van der Waals surface area contributed by atoms with Crippen LogP contribution in [0, 0.1) is 11.8 Å². The van der Waals surface area contributed by atoms with Crippen molar-refractivity contribution < 1.29 is 26.4 Å². The fourth-order valence-electron chi connectivity index (χ4n) is 6.11. The van der Waals surface area contributed by atoms with Crippen LogP contribution in [0.3, 0.4) is 0 Å². The van der Waals surface area contributed by atoms with Crippen LogP contribution in [0.25, 0.3) is 0 Å². The number of aryl methyl sites for hydroxylation is 1. The van der Waals surface area contributed by atoms with Crippen molar-refractivity contribution in [3.05, 3.63) is 47.3 Å². The third-order valence-electron chi connectivity index (χ3n) is 8.15. The second-order valence-corrected chi connectivity index (χ2v) is 12.3. The average Bonchev–Trinajstić information content (AvgIpc) is 3.08. The molecule has 2 fully saturated rings. The Morgan fingerprint density at radius 3 is 2.11 bits per heavy atom. The van der Waals surface area contributed by atoms with Crippen molar-refractivity contribution in [1.82, 2.24) is 19.0 Å². The van der Waals surface area contributed by atoms with E-state index in [1.54, 1.807) is 35.2 Å². The smallest absolute Gasteiger partial charge is 0.339 e. The molecule has 1 atom stereocenters. The monoisotopic (exact) mass is 538 g/mol. The van der Waals surface area contributed by atoms with Crippen molar-refractivity contribution in [3.8, 4) is 0 Å². The molecule has 202 valence electrons. The van der Waals surface area contributed by atoms with Crippen LogP contribution >= 0.6 is 0 Å².